The van der Waals surface area contributed by atoms with Crippen molar-refractivity contribution in [3.63, 3.8) is 0 Å². The van der Waals surface area contributed by atoms with E-state index in [1.54, 1.807) is 16.2 Å². The Bertz CT molecular complexity index is 826. The topological polar surface area (TPSA) is 92.8 Å². The molecule has 1 amide bonds. The zero-order valence-electron chi connectivity index (χ0n) is 17.1. The summed E-state index contributed by atoms with van der Waals surface area (Å²) in [5, 5.41) is 6.43. The van der Waals surface area contributed by atoms with Crippen LogP contribution in [0.2, 0.25) is 0 Å². The van der Waals surface area contributed by atoms with Crippen LogP contribution in [0.3, 0.4) is 0 Å². The molecule has 0 bridgehead atoms. The van der Waals surface area contributed by atoms with E-state index in [1.165, 1.54) is 5.56 Å². The maximum atomic E-state index is 11.7. The van der Waals surface area contributed by atoms with Crippen LogP contribution in [0, 0.1) is 6.92 Å². The number of aromatic nitrogens is 1. The van der Waals surface area contributed by atoms with Gasteiger partial charge in [-0.2, -0.15) is 0 Å². The lowest BCUT2D eigenvalue weighted by Gasteiger charge is -2.31. The third-order valence-corrected chi connectivity index (χ3v) is 5.70. The van der Waals surface area contributed by atoms with Crippen molar-refractivity contribution in [2.45, 2.75) is 39.2 Å². The Kier molecular flexibility index (Phi) is 7.46. The highest BCUT2D eigenvalue weighted by Crippen LogP contribution is 2.21. The lowest BCUT2D eigenvalue weighted by atomic mass is 10.1. The fourth-order valence-corrected chi connectivity index (χ4v) is 3.94. The van der Waals surface area contributed by atoms with E-state index in [0.717, 1.165) is 35.5 Å². The largest absolute Gasteiger partial charge is 0.450 e. The van der Waals surface area contributed by atoms with Crippen LogP contribution in [0.15, 0.2) is 34.6 Å². The number of nitrogens with one attached hydrogen (secondary N) is 1. The van der Waals surface area contributed by atoms with Gasteiger partial charge in [0, 0.05) is 36.6 Å². The van der Waals surface area contributed by atoms with Crippen molar-refractivity contribution in [2.75, 3.05) is 26.2 Å². The number of amides is 1. The first kappa shape index (κ1) is 21.1. The average molecular weight is 416 g/mol. The SMILES string of the molecule is CCOC(=O)N1CCC(NC(N)=NCCc2ccc(-c3csc(C)n3)cc2)CC1. The normalized spacial score (nSPS) is 15.4. The number of hydrogen-bond acceptors (Lipinski definition) is 5. The van der Waals surface area contributed by atoms with Crippen LogP contribution in [0.4, 0.5) is 4.79 Å². The Morgan fingerprint density at radius 1 is 1.34 bits per heavy atom. The summed E-state index contributed by atoms with van der Waals surface area (Å²) < 4.78 is 5.04. The predicted octanol–water partition coefficient (Wildman–Crippen LogP) is 3.19. The van der Waals surface area contributed by atoms with Gasteiger partial charge in [-0.15, -0.1) is 11.3 Å². The standard InChI is InChI=1S/C21H29N5O2S/c1-3-28-21(27)26-12-9-18(10-13-26)25-20(22)23-11-8-16-4-6-17(7-5-16)19-14-29-15(2)24-19/h4-7,14,18H,3,8-13H2,1-2H3,(H3,22,23,25). The molecule has 0 radical (unpaired) electrons. The maximum absolute atomic E-state index is 11.7. The van der Waals surface area contributed by atoms with E-state index in [2.05, 4.69) is 44.9 Å². The minimum Gasteiger partial charge on any atom is -0.450 e. The number of nitrogens with two attached hydrogens (primary N) is 1. The molecule has 3 N–H and O–H groups in total. The van der Waals surface area contributed by atoms with Gasteiger partial charge >= 0.3 is 6.09 Å². The molecule has 0 saturated carbocycles. The van der Waals surface area contributed by atoms with Gasteiger partial charge in [0.15, 0.2) is 5.96 Å². The Hall–Kier alpha value is -2.61. The molecule has 0 unspecified atom stereocenters. The maximum Gasteiger partial charge on any atom is 0.409 e. The number of rotatable bonds is 6. The number of benzene rings is 1. The van der Waals surface area contributed by atoms with E-state index in [9.17, 15) is 4.79 Å². The van der Waals surface area contributed by atoms with Crippen molar-refractivity contribution in [1.29, 1.82) is 0 Å². The first-order chi connectivity index (χ1) is 14.0. The van der Waals surface area contributed by atoms with E-state index in [1.807, 2.05) is 13.8 Å². The molecule has 1 aromatic carbocycles. The lowest BCUT2D eigenvalue weighted by molar-refractivity contribution is 0.0963. The number of nitrogens with zero attached hydrogens (tertiary/aromatic N) is 3. The number of carbonyl (C=O) groups excluding carboxylic acids is 1. The second-order valence-electron chi connectivity index (χ2n) is 7.07. The molecule has 1 aliphatic heterocycles. The summed E-state index contributed by atoms with van der Waals surface area (Å²) in [5.41, 5.74) is 9.43. The molecule has 156 valence electrons. The first-order valence-corrected chi connectivity index (χ1v) is 10.9. The molecular weight excluding hydrogens is 386 g/mol. The average Bonchev–Trinajstić information content (AvgIpc) is 3.15. The number of guanidine groups is 1. The summed E-state index contributed by atoms with van der Waals surface area (Å²) in [4.78, 5) is 22.4. The number of likely N-dealkylation sites (tertiary alicyclic amines) is 1. The van der Waals surface area contributed by atoms with Crippen LogP contribution in [0.25, 0.3) is 11.3 Å². The van der Waals surface area contributed by atoms with Crippen LogP contribution >= 0.6 is 11.3 Å². The number of piperidine rings is 1. The number of aliphatic imine (C=N–C) groups is 1. The second-order valence-corrected chi connectivity index (χ2v) is 8.13. The smallest absolute Gasteiger partial charge is 0.409 e. The Morgan fingerprint density at radius 2 is 2.07 bits per heavy atom. The fourth-order valence-electron chi connectivity index (χ4n) is 3.32. The number of thiazole rings is 1. The second kappa shape index (κ2) is 10.2. The van der Waals surface area contributed by atoms with Crippen molar-refractivity contribution >= 4 is 23.4 Å². The van der Waals surface area contributed by atoms with Gasteiger partial charge in [0.2, 0.25) is 0 Å². The van der Waals surface area contributed by atoms with Gasteiger partial charge in [-0.25, -0.2) is 9.78 Å². The van der Waals surface area contributed by atoms with E-state index in [-0.39, 0.29) is 12.1 Å². The van der Waals surface area contributed by atoms with E-state index in [4.69, 9.17) is 10.5 Å². The molecule has 1 saturated heterocycles. The summed E-state index contributed by atoms with van der Waals surface area (Å²) in [6.07, 6.45) is 2.28. The summed E-state index contributed by atoms with van der Waals surface area (Å²) in [6.45, 7) is 6.23. The van der Waals surface area contributed by atoms with Crippen molar-refractivity contribution < 1.29 is 9.53 Å². The minimum atomic E-state index is -0.233. The van der Waals surface area contributed by atoms with Crippen molar-refractivity contribution in [2.24, 2.45) is 10.7 Å². The number of aryl methyl sites for hydroxylation is 1. The molecule has 7 nitrogen and oxygen atoms in total. The van der Waals surface area contributed by atoms with Gasteiger partial charge in [-0.05, 0) is 38.7 Å². The third kappa shape index (κ3) is 6.19. The molecule has 1 aliphatic rings. The Morgan fingerprint density at radius 3 is 2.69 bits per heavy atom. The quantitative estimate of drug-likeness (QED) is 0.558. The molecule has 1 fully saturated rings. The van der Waals surface area contributed by atoms with Gasteiger partial charge in [-0.3, -0.25) is 4.99 Å². The van der Waals surface area contributed by atoms with Gasteiger partial charge in [-0.1, -0.05) is 24.3 Å². The van der Waals surface area contributed by atoms with Crippen molar-refractivity contribution in [3.8, 4) is 11.3 Å². The molecule has 2 aromatic rings. The van der Waals surface area contributed by atoms with E-state index < -0.39 is 0 Å². The molecule has 3 rings (SSSR count). The third-order valence-electron chi connectivity index (χ3n) is 4.92. The minimum absolute atomic E-state index is 0.233. The molecule has 0 atom stereocenters. The highest BCUT2D eigenvalue weighted by molar-refractivity contribution is 7.09. The molecule has 1 aromatic heterocycles. The fraction of sp³-hybridized carbons (Fsp3) is 0.476. The van der Waals surface area contributed by atoms with Gasteiger partial charge in [0.1, 0.15) is 0 Å². The van der Waals surface area contributed by atoms with Gasteiger partial charge in [0.25, 0.3) is 0 Å². The number of hydrogen-bond donors (Lipinski definition) is 2. The van der Waals surface area contributed by atoms with Gasteiger partial charge in [0.05, 0.1) is 17.3 Å². The zero-order chi connectivity index (χ0) is 20.6. The Balaban J connectivity index is 1.41. The number of ether oxygens (including phenoxy) is 1. The van der Waals surface area contributed by atoms with Crippen molar-refractivity contribution in [3.05, 3.63) is 40.2 Å². The van der Waals surface area contributed by atoms with Crippen LogP contribution in [0.1, 0.15) is 30.3 Å². The number of carbonyl (C=O) groups is 1. The van der Waals surface area contributed by atoms with Crippen LogP contribution < -0.4 is 11.1 Å². The summed E-state index contributed by atoms with van der Waals surface area (Å²) in [7, 11) is 0. The molecule has 0 aliphatic carbocycles. The van der Waals surface area contributed by atoms with Crippen molar-refractivity contribution in [1.82, 2.24) is 15.2 Å². The van der Waals surface area contributed by atoms with Gasteiger partial charge < -0.3 is 20.7 Å². The Labute approximate surface area is 176 Å². The zero-order valence-corrected chi connectivity index (χ0v) is 17.9. The van der Waals surface area contributed by atoms with E-state index >= 15 is 0 Å². The highest BCUT2D eigenvalue weighted by Gasteiger charge is 2.23. The molecular formula is C21H29N5O2S. The lowest BCUT2D eigenvalue weighted by Crippen LogP contribution is -2.48. The van der Waals surface area contributed by atoms with E-state index in [0.29, 0.717) is 32.2 Å². The first-order valence-electron chi connectivity index (χ1n) is 10.0. The summed E-state index contributed by atoms with van der Waals surface area (Å²) in [6, 6.07) is 8.69. The van der Waals surface area contributed by atoms with Crippen LogP contribution in [0.5, 0.6) is 0 Å². The van der Waals surface area contributed by atoms with Crippen LogP contribution in [-0.4, -0.2) is 54.2 Å². The molecule has 8 heteroatoms. The van der Waals surface area contributed by atoms with Crippen LogP contribution in [-0.2, 0) is 11.2 Å². The monoisotopic (exact) mass is 415 g/mol. The highest BCUT2D eigenvalue weighted by atomic mass is 32.1. The molecule has 29 heavy (non-hydrogen) atoms. The summed E-state index contributed by atoms with van der Waals surface area (Å²) in [5.74, 6) is 0.467. The molecule has 0 spiro atoms. The summed E-state index contributed by atoms with van der Waals surface area (Å²) >= 11 is 1.66. The molecule has 2 heterocycles. The predicted molar refractivity (Wildman–Crippen MR) is 117 cm³/mol.